The van der Waals surface area contributed by atoms with E-state index in [0.29, 0.717) is 4.47 Å². The Morgan fingerprint density at radius 2 is 1.73 bits per heavy atom. The Morgan fingerprint density at radius 1 is 1.14 bits per heavy atom. The Balaban J connectivity index is 1.81. The third kappa shape index (κ3) is 1.65. The molecule has 4 rings (SSSR count). The number of imide groups is 1. The molecule has 7 nitrogen and oxygen atoms in total. The van der Waals surface area contributed by atoms with E-state index in [0.717, 1.165) is 4.90 Å². The second-order valence-corrected chi connectivity index (χ2v) is 6.32. The van der Waals surface area contributed by atoms with E-state index >= 15 is 0 Å². The second-order valence-electron chi connectivity index (χ2n) is 5.40. The smallest absolute Gasteiger partial charge is 0.294 e. The van der Waals surface area contributed by atoms with Gasteiger partial charge in [-0.3, -0.25) is 19.7 Å². The quantitative estimate of drug-likeness (QED) is 0.345. The molecular formula is C14H9BrN2O5. The summed E-state index contributed by atoms with van der Waals surface area (Å²) in [6, 6.07) is 4.27. The normalized spacial score (nSPS) is 32.0. The highest BCUT2D eigenvalue weighted by molar-refractivity contribution is 9.10. The van der Waals surface area contributed by atoms with Crippen molar-refractivity contribution >= 4 is 39.1 Å². The maximum absolute atomic E-state index is 12.6. The molecular weight excluding hydrogens is 356 g/mol. The lowest BCUT2D eigenvalue weighted by molar-refractivity contribution is -0.384. The lowest BCUT2D eigenvalue weighted by Gasteiger charge is -2.17. The summed E-state index contributed by atoms with van der Waals surface area (Å²) < 4.78 is 6.05. The number of nitro groups is 1. The molecule has 22 heavy (non-hydrogen) atoms. The van der Waals surface area contributed by atoms with Crippen LogP contribution in [-0.4, -0.2) is 28.9 Å². The van der Waals surface area contributed by atoms with Crippen LogP contribution in [0.15, 0.2) is 34.8 Å². The van der Waals surface area contributed by atoms with E-state index in [1.54, 1.807) is 18.2 Å². The number of halogens is 1. The third-order valence-corrected chi connectivity index (χ3v) is 4.78. The van der Waals surface area contributed by atoms with Crippen LogP contribution in [0.5, 0.6) is 0 Å². The van der Waals surface area contributed by atoms with Crippen molar-refractivity contribution < 1.29 is 19.2 Å². The molecule has 1 aromatic carbocycles. The number of fused-ring (bicyclic) bond motifs is 5. The van der Waals surface area contributed by atoms with Crippen molar-refractivity contribution in [2.45, 2.75) is 12.2 Å². The van der Waals surface area contributed by atoms with E-state index < -0.39 is 40.8 Å². The van der Waals surface area contributed by atoms with Gasteiger partial charge in [0.05, 0.1) is 29.0 Å². The summed E-state index contributed by atoms with van der Waals surface area (Å²) in [4.78, 5) is 36.8. The van der Waals surface area contributed by atoms with Crippen molar-refractivity contribution in [2.24, 2.45) is 11.8 Å². The summed E-state index contributed by atoms with van der Waals surface area (Å²) in [7, 11) is 0. The van der Waals surface area contributed by atoms with Gasteiger partial charge in [-0.25, -0.2) is 4.90 Å². The van der Waals surface area contributed by atoms with Crippen LogP contribution in [0.2, 0.25) is 0 Å². The van der Waals surface area contributed by atoms with Gasteiger partial charge in [-0.05, 0) is 12.1 Å². The molecule has 2 bridgehead atoms. The molecule has 2 saturated heterocycles. The molecule has 0 N–H and O–H groups in total. The van der Waals surface area contributed by atoms with E-state index in [1.807, 2.05) is 0 Å². The lowest BCUT2D eigenvalue weighted by Crippen LogP contribution is -2.34. The van der Waals surface area contributed by atoms with Crippen LogP contribution in [0.1, 0.15) is 0 Å². The van der Waals surface area contributed by atoms with Crippen LogP contribution in [-0.2, 0) is 14.3 Å². The van der Waals surface area contributed by atoms with Gasteiger partial charge in [-0.1, -0.05) is 28.1 Å². The van der Waals surface area contributed by atoms with Gasteiger partial charge in [0.1, 0.15) is 5.69 Å². The summed E-state index contributed by atoms with van der Waals surface area (Å²) in [5, 5.41) is 11.2. The van der Waals surface area contributed by atoms with Crippen molar-refractivity contribution in [2.75, 3.05) is 4.90 Å². The minimum atomic E-state index is -0.599. The van der Waals surface area contributed by atoms with E-state index in [9.17, 15) is 19.7 Å². The van der Waals surface area contributed by atoms with Gasteiger partial charge < -0.3 is 4.74 Å². The highest BCUT2D eigenvalue weighted by Gasteiger charge is 2.61. The Kier molecular flexibility index (Phi) is 2.76. The molecule has 3 aliphatic heterocycles. The number of carbonyl (C=O) groups excluding carboxylic acids is 2. The zero-order chi connectivity index (χ0) is 15.6. The van der Waals surface area contributed by atoms with Gasteiger partial charge in [-0.2, -0.15) is 0 Å². The van der Waals surface area contributed by atoms with E-state index in [2.05, 4.69) is 15.9 Å². The molecule has 1 aromatic rings. The number of carbonyl (C=O) groups is 2. The minimum absolute atomic E-state index is 0.0111. The summed E-state index contributed by atoms with van der Waals surface area (Å²) in [5.41, 5.74) is -0.269. The molecule has 0 radical (unpaired) electrons. The van der Waals surface area contributed by atoms with Crippen LogP contribution in [0.3, 0.4) is 0 Å². The Bertz CT molecular complexity index is 732. The standard InChI is InChI=1S/C14H9BrN2O5/c15-6-1-2-7(8(5-6)17(20)21)16-13(18)11-9-3-4-10(22-9)12(11)14(16)19/h1-5,9-12H/t9-,10-,11-,12-/m0/s1. The van der Waals surface area contributed by atoms with E-state index in [1.165, 1.54) is 12.1 Å². The van der Waals surface area contributed by atoms with Crippen molar-refractivity contribution in [3.63, 3.8) is 0 Å². The van der Waals surface area contributed by atoms with Crippen molar-refractivity contribution in [3.05, 3.63) is 44.9 Å². The molecule has 3 heterocycles. The minimum Gasteiger partial charge on any atom is -0.365 e. The SMILES string of the molecule is O=C1[C@@H]2[C@@H](C(=O)N1c1ccc(Br)cc1[N+](=O)[O-])[C@@H]1C=C[C@@H]2O1. The zero-order valence-corrected chi connectivity index (χ0v) is 12.6. The largest absolute Gasteiger partial charge is 0.365 e. The Labute approximate surface area is 132 Å². The van der Waals surface area contributed by atoms with Crippen LogP contribution in [0.25, 0.3) is 0 Å². The molecule has 0 unspecified atom stereocenters. The second kappa shape index (κ2) is 4.47. The summed E-state index contributed by atoms with van der Waals surface area (Å²) in [6.45, 7) is 0. The van der Waals surface area contributed by atoms with Crippen molar-refractivity contribution in [3.8, 4) is 0 Å². The third-order valence-electron chi connectivity index (χ3n) is 4.29. The molecule has 8 heteroatoms. The zero-order valence-electron chi connectivity index (χ0n) is 11.0. The highest BCUT2D eigenvalue weighted by Crippen LogP contribution is 2.47. The first-order valence-corrected chi connectivity index (χ1v) is 7.44. The fraction of sp³-hybridized carbons (Fsp3) is 0.286. The summed E-state index contributed by atoms with van der Waals surface area (Å²) >= 11 is 3.16. The average molecular weight is 365 g/mol. The topological polar surface area (TPSA) is 89.8 Å². The average Bonchev–Trinajstić information content (AvgIpc) is 3.14. The fourth-order valence-corrected chi connectivity index (χ4v) is 3.72. The molecule has 0 saturated carbocycles. The van der Waals surface area contributed by atoms with Gasteiger partial charge in [0, 0.05) is 10.5 Å². The molecule has 2 amide bonds. The van der Waals surface area contributed by atoms with Crippen molar-refractivity contribution in [1.29, 1.82) is 0 Å². The first-order valence-electron chi connectivity index (χ1n) is 6.64. The number of ether oxygens (including phenoxy) is 1. The number of amides is 2. The number of nitro benzene ring substituents is 1. The molecule has 3 aliphatic rings. The molecule has 0 aliphatic carbocycles. The van der Waals surface area contributed by atoms with Crippen LogP contribution < -0.4 is 4.90 Å². The maximum atomic E-state index is 12.6. The molecule has 4 atom stereocenters. The number of hydrogen-bond acceptors (Lipinski definition) is 5. The van der Waals surface area contributed by atoms with Crippen LogP contribution in [0.4, 0.5) is 11.4 Å². The van der Waals surface area contributed by atoms with E-state index in [4.69, 9.17) is 4.74 Å². The van der Waals surface area contributed by atoms with Gasteiger partial charge in [0.15, 0.2) is 0 Å². The number of anilines is 1. The van der Waals surface area contributed by atoms with Gasteiger partial charge >= 0.3 is 0 Å². The monoisotopic (exact) mass is 364 g/mol. The first kappa shape index (κ1) is 13.6. The lowest BCUT2D eigenvalue weighted by atomic mass is 9.85. The van der Waals surface area contributed by atoms with E-state index in [-0.39, 0.29) is 11.4 Å². The number of nitrogens with zero attached hydrogens (tertiary/aromatic N) is 2. The number of benzene rings is 1. The molecule has 0 spiro atoms. The predicted molar refractivity (Wildman–Crippen MR) is 78.1 cm³/mol. The number of hydrogen-bond donors (Lipinski definition) is 0. The summed E-state index contributed by atoms with van der Waals surface area (Å²) in [5.74, 6) is -2.02. The molecule has 112 valence electrons. The fourth-order valence-electron chi connectivity index (χ4n) is 3.37. The Hall–Kier alpha value is -2.06. The van der Waals surface area contributed by atoms with Crippen LogP contribution >= 0.6 is 15.9 Å². The molecule has 2 fully saturated rings. The van der Waals surface area contributed by atoms with Gasteiger partial charge in [-0.15, -0.1) is 0 Å². The molecule has 0 aromatic heterocycles. The first-order chi connectivity index (χ1) is 10.5. The summed E-state index contributed by atoms with van der Waals surface area (Å²) in [6.07, 6.45) is 2.73. The maximum Gasteiger partial charge on any atom is 0.294 e. The Morgan fingerprint density at radius 3 is 2.27 bits per heavy atom. The van der Waals surface area contributed by atoms with Gasteiger partial charge in [0.2, 0.25) is 11.8 Å². The van der Waals surface area contributed by atoms with Crippen molar-refractivity contribution in [1.82, 2.24) is 0 Å². The van der Waals surface area contributed by atoms with Gasteiger partial charge in [0.25, 0.3) is 5.69 Å². The number of rotatable bonds is 2. The predicted octanol–water partition coefficient (Wildman–Crippen LogP) is 1.80. The van der Waals surface area contributed by atoms with Crippen LogP contribution in [0, 0.1) is 22.0 Å². The highest BCUT2D eigenvalue weighted by atomic mass is 79.9.